The van der Waals surface area contributed by atoms with Crippen LogP contribution in [0.25, 0.3) is 0 Å². The summed E-state index contributed by atoms with van der Waals surface area (Å²) < 4.78 is 35.7. The normalized spacial score (nSPS) is 11.9. The largest absolute Gasteiger partial charge is 0.382 e. The first-order valence-electron chi connectivity index (χ1n) is 6.87. The van der Waals surface area contributed by atoms with E-state index in [1.165, 1.54) is 0 Å². The highest BCUT2D eigenvalue weighted by atomic mass is 32.2. The number of ether oxygens (including phenoxy) is 2. The van der Waals surface area contributed by atoms with Crippen molar-refractivity contribution in [2.45, 2.75) is 26.2 Å². The maximum absolute atomic E-state index is 11.6. The molecule has 0 fully saturated rings. The summed E-state index contributed by atoms with van der Waals surface area (Å²) in [5, 5.41) is 3.25. The van der Waals surface area contributed by atoms with Gasteiger partial charge in [0.2, 0.25) is 10.0 Å². The third-order valence-electron chi connectivity index (χ3n) is 2.44. The molecule has 19 heavy (non-hydrogen) atoms. The number of methoxy groups -OCH3 is 1. The Morgan fingerprint density at radius 1 is 1.00 bits per heavy atom. The van der Waals surface area contributed by atoms with Crippen molar-refractivity contribution >= 4 is 10.0 Å². The fraction of sp³-hybridized carbons (Fsp3) is 1.00. The van der Waals surface area contributed by atoms with Crippen LogP contribution in [0.4, 0.5) is 0 Å². The van der Waals surface area contributed by atoms with Crippen LogP contribution in [-0.4, -0.2) is 60.7 Å². The molecule has 7 heteroatoms. The third kappa shape index (κ3) is 14.0. The highest BCUT2D eigenvalue weighted by Gasteiger charge is 2.08. The van der Waals surface area contributed by atoms with E-state index in [0.29, 0.717) is 32.8 Å². The van der Waals surface area contributed by atoms with E-state index in [1.54, 1.807) is 7.11 Å². The molecule has 0 rings (SSSR count). The molecule has 0 heterocycles. The minimum atomic E-state index is -3.16. The van der Waals surface area contributed by atoms with Crippen LogP contribution in [0.2, 0.25) is 0 Å². The first kappa shape index (κ1) is 18.8. The fourth-order valence-corrected chi connectivity index (χ4v) is 2.55. The summed E-state index contributed by atoms with van der Waals surface area (Å²) in [6.07, 6.45) is 2.66. The molecule has 0 spiro atoms. The Hall–Kier alpha value is -0.210. The molecule has 2 N–H and O–H groups in total. The minimum Gasteiger partial charge on any atom is -0.382 e. The lowest BCUT2D eigenvalue weighted by Gasteiger charge is -2.07. The van der Waals surface area contributed by atoms with Gasteiger partial charge in [0.1, 0.15) is 0 Å². The van der Waals surface area contributed by atoms with Gasteiger partial charge in [-0.05, 0) is 32.4 Å². The van der Waals surface area contributed by atoms with Crippen molar-refractivity contribution in [2.24, 2.45) is 0 Å². The summed E-state index contributed by atoms with van der Waals surface area (Å²) in [4.78, 5) is 0. The van der Waals surface area contributed by atoms with Crippen molar-refractivity contribution in [3.05, 3.63) is 0 Å². The van der Waals surface area contributed by atoms with Gasteiger partial charge in [0, 0.05) is 13.7 Å². The Morgan fingerprint density at radius 3 is 2.47 bits per heavy atom. The highest BCUT2D eigenvalue weighted by Crippen LogP contribution is 1.93. The standard InChI is InChI=1S/C12H28N2O4S/c1-3-6-13-7-4-5-12-19(15,16)14-8-9-18-11-10-17-2/h13-14H,3-12H2,1-2H3. The van der Waals surface area contributed by atoms with Crippen molar-refractivity contribution in [1.82, 2.24) is 10.0 Å². The molecule has 0 aliphatic carbocycles. The lowest BCUT2D eigenvalue weighted by Crippen LogP contribution is -2.30. The van der Waals surface area contributed by atoms with Gasteiger partial charge in [-0.1, -0.05) is 6.92 Å². The zero-order valence-corrected chi connectivity index (χ0v) is 12.9. The molecule has 0 aromatic heterocycles. The molecule has 0 unspecified atom stereocenters. The van der Waals surface area contributed by atoms with Crippen molar-refractivity contribution in [1.29, 1.82) is 0 Å². The second kappa shape index (κ2) is 12.8. The number of nitrogens with one attached hydrogen (secondary N) is 2. The monoisotopic (exact) mass is 296 g/mol. The second-order valence-electron chi connectivity index (χ2n) is 4.28. The van der Waals surface area contributed by atoms with E-state index in [2.05, 4.69) is 17.0 Å². The van der Waals surface area contributed by atoms with Crippen LogP contribution in [0, 0.1) is 0 Å². The van der Waals surface area contributed by atoms with Crippen molar-refractivity contribution in [3.8, 4) is 0 Å². The fourth-order valence-electron chi connectivity index (χ4n) is 1.43. The van der Waals surface area contributed by atoms with E-state index >= 15 is 0 Å². The highest BCUT2D eigenvalue weighted by molar-refractivity contribution is 7.89. The predicted molar refractivity (Wildman–Crippen MR) is 76.9 cm³/mol. The predicted octanol–water partition coefficient (Wildman–Crippen LogP) is 0.349. The molecular formula is C12H28N2O4S. The molecule has 0 aliphatic rings. The van der Waals surface area contributed by atoms with Gasteiger partial charge in [-0.15, -0.1) is 0 Å². The molecule has 116 valence electrons. The Labute approximate surface area is 117 Å². The summed E-state index contributed by atoms with van der Waals surface area (Å²) in [5.41, 5.74) is 0. The van der Waals surface area contributed by atoms with Crippen LogP contribution in [0.1, 0.15) is 26.2 Å². The molecule has 6 nitrogen and oxygen atoms in total. The van der Waals surface area contributed by atoms with Gasteiger partial charge in [0.15, 0.2) is 0 Å². The average molecular weight is 296 g/mol. The zero-order valence-electron chi connectivity index (χ0n) is 12.1. The quantitative estimate of drug-likeness (QED) is 0.452. The van der Waals surface area contributed by atoms with Crippen LogP contribution < -0.4 is 10.0 Å². The van der Waals surface area contributed by atoms with E-state index in [-0.39, 0.29) is 5.75 Å². The summed E-state index contributed by atoms with van der Waals surface area (Å²) in [7, 11) is -1.56. The van der Waals surface area contributed by atoms with Crippen molar-refractivity contribution < 1.29 is 17.9 Å². The SMILES string of the molecule is CCCNCCCCS(=O)(=O)NCCOCCOC. The Morgan fingerprint density at radius 2 is 1.79 bits per heavy atom. The van der Waals surface area contributed by atoms with Crippen molar-refractivity contribution in [3.63, 3.8) is 0 Å². The van der Waals surface area contributed by atoms with Gasteiger partial charge in [0.05, 0.1) is 25.6 Å². The number of hydrogen-bond donors (Lipinski definition) is 2. The van der Waals surface area contributed by atoms with Gasteiger partial charge in [-0.3, -0.25) is 0 Å². The molecule has 0 saturated carbocycles. The Kier molecular flexibility index (Phi) is 12.7. The first-order chi connectivity index (χ1) is 9.12. The third-order valence-corrected chi connectivity index (χ3v) is 3.91. The van der Waals surface area contributed by atoms with Crippen molar-refractivity contribution in [2.75, 3.05) is 52.3 Å². The van der Waals surface area contributed by atoms with Gasteiger partial charge < -0.3 is 14.8 Å². The maximum atomic E-state index is 11.6. The molecule has 0 atom stereocenters. The van der Waals surface area contributed by atoms with Gasteiger partial charge in [-0.25, -0.2) is 13.1 Å². The van der Waals surface area contributed by atoms with E-state index in [4.69, 9.17) is 9.47 Å². The summed E-state index contributed by atoms with van der Waals surface area (Å²) in [5.74, 6) is 0.179. The molecule has 0 aliphatic heterocycles. The molecule has 0 radical (unpaired) electrons. The summed E-state index contributed by atoms with van der Waals surface area (Å²) in [6, 6.07) is 0. The van der Waals surface area contributed by atoms with E-state index in [0.717, 1.165) is 25.9 Å². The first-order valence-corrected chi connectivity index (χ1v) is 8.52. The van der Waals surface area contributed by atoms with E-state index < -0.39 is 10.0 Å². The maximum Gasteiger partial charge on any atom is 0.211 e. The lowest BCUT2D eigenvalue weighted by molar-refractivity contribution is 0.0736. The van der Waals surface area contributed by atoms with E-state index in [9.17, 15) is 8.42 Å². The number of hydrogen-bond acceptors (Lipinski definition) is 5. The average Bonchev–Trinajstić information content (AvgIpc) is 2.38. The molecule has 0 saturated heterocycles. The van der Waals surface area contributed by atoms with Crippen LogP contribution in [0.3, 0.4) is 0 Å². The Bertz CT molecular complexity index is 261. The molecule has 0 aromatic rings. The van der Waals surface area contributed by atoms with Crippen LogP contribution in [-0.2, 0) is 19.5 Å². The number of sulfonamides is 1. The van der Waals surface area contributed by atoms with Gasteiger partial charge in [0.25, 0.3) is 0 Å². The minimum absolute atomic E-state index is 0.179. The number of unbranched alkanes of at least 4 members (excludes halogenated alkanes) is 1. The van der Waals surface area contributed by atoms with Gasteiger partial charge >= 0.3 is 0 Å². The lowest BCUT2D eigenvalue weighted by atomic mass is 10.3. The smallest absolute Gasteiger partial charge is 0.211 e. The zero-order chi connectivity index (χ0) is 14.4. The van der Waals surface area contributed by atoms with Gasteiger partial charge in [-0.2, -0.15) is 0 Å². The second-order valence-corrected chi connectivity index (χ2v) is 6.20. The van der Waals surface area contributed by atoms with Crippen LogP contribution in [0.5, 0.6) is 0 Å². The topological polar surface area (TPSA) is 76.7 Å². The summed E-state index contributed by atoms with van der Waals surface area (Å²) >= 11 is 0. The Balaban J connectivity index is 3.42. The molecular weight excluding hydrogens is 268 g/mol. The molecule has 0 aromatic carbocycles. The summed E-state index contributed by atoms with van der Waals surface area (Å²) in [6.45, 7) is 5.68. The molecule has 0 amide bonds. The van der Waals surface area contributed by atoms with E-state index in [1.807, 2.05) is 0 Å². The molecule has 0 bridgehead atoms. The van der Waals surface area contributed by atoms with Crippen LogP contribution in [0.15, 0.2) is 0 Å². The van der Waals surface area contributed by atoms with Crippen LogP contribution >= 0.6 is 0 Å². The number of rotatable bonds is 14.